The largest absolute Gasteiger partial charge is 0.478 e. The van der Waals surface area contributed by atoms with E-state index in [4.69, 9.17) is 22.1 Å². The van der Waals surface area contributed by atoms with Crippen molar-refractivity contribution in [3.8, 4) is 0 Å². The van der Waals surface area contributed by atoms with Crippen molar-refractivity contribution in [1.29, 1.82) is 0 Å². The Morgan fingerprint density at radius 3 is 2.90 bits per heavy atom. The Balaban J connectivity index is 2.23. The first-order valence-electron chi connectivity index (χ1n) is 6.64. The van der Waals surface area contributed by atoms with Gasteiger partial charge in [0.05, 0.1) is 22.4 Å². The summed E-state index contributed by atoms with van der Waals surface area (Å²) in [6, 6.07) is 3.00. The lowest BCUT2D eigenvalue weighted by molar-refractivity contribution is 0.0215. The van der Waals surface area contributed by atoms with Crippen LogP contribution in [0.5, 0.6) is 0 Å². The Morgan fingerprint density at radius 1 is 1.55 bits per heavy atom. The summed E-state index contributed by atoms with van der Waals surface area (Å²) in [5, 5.41) is 9.65. The molecule has 1 fully saturated rings. The summed E-state index contributed by atoms with van der Waals surface area (Å²) in [7, 11) is 1.82. The summed E-state index contributed by atoms with van der Waals surface area (Å²) >= 11 is 6.17. The molecule has 1 unspecified atom stereocenters. The molecule has 0 aliphatic carbocycles. The van der Waals surface area contributed by atoms with Crippen LogP contribution in [0.3, 0.4) is 0 Å². The molecule has 1 atom stereocenters. The molecule has 0 amide bonds. The van der Waals surface area contributed by atoms with E-state index in [-0.39, 0.29) is 11.7 Å². The van der Waals surface area contributed by atoms with Crippen molar-refractivity contribution in [2.45, 2.75) is 25.4 Å². The molecule has 0 bridgehead atoms. The van der Waals surface area contributed by atoms with Crippen LogP contribution >= 0.6 is 11.6 Å². The number of nitrogens with zero attached hydrogens (tertiary/aromatic N) is 1. The maximum atomic E-state index is 11.4. The van der Waals surface area contributed by atoms with Crippen LogP contribution in [0, 0.1) is 0 Å². The normalized spacial score (nSPS) is 18.8. The molecule has 1 saturated heterocycles. The highest BCUT2D eigenvalue weighted by Gasteiger charge is 2.22. The van der Waals surface area contributed by atoms with Gasteiger partial charge in [0, 0.05) is 25.9 Å². The van der Waals surface area contributed by atoms with Gasteiger partial charge in [-0.25, -0.2) is 4.79 Å². The average Bonchev–Trinajstić information content (AvgIpc) is 2.38. The van der Waals surface area contributed by atoms with Gasteiger partial charge in [0.1, 0.15) is 0 Å². The molecular weight excluding hydrogens is 280 g/mol. The van der Waals surface area contributed by atoms with E-state index in [1.165, 1.54) is 6.07 Å². The number of hydrogen-bond acceptors (Lipinski definition) is 4. The third-order valence-electron chi connectivity index (χ3n) is 3.45. The zero-order valence-corrected chi connectivity index (χ0v) is 12.2. The third-order valence-corrected chi connectivity index (χ3v) is 3.74. The van der Waals surface area contributed by atoms with Gasteiger partial charge in [0.15, 0.2) is 0 Å². The Hall–Kier alpha value is -1.46. The van der Waals surface area contributed by atoms with E-state index < -0.39 is 5.97 Å². The van der Waals surface area contributed by atoms with Crippen LogP contribution in [0.15, 0.2) is 12.1 Å². The van der Waals surface area contributed by atoms with E-state index >= 15 is 0 Å². The third kappa shape index (κ3) is 3.35. The lowest BCUT2D eigenvalue weighted by atomic mass is 10.1. The predicted molar refractivity (Wildman–Crippen MR) is 79.7 cm³/mol. The fraction of sp³-hybridized carbons (Fsp3) is 0.500. The maximum absolute atomic E-state index is 11.4. The summed E-state index contributed by atoms with van der Waals surface area (Å²) in [5.41, 5.74) is 6.61. The number of anilines is 2. The van der Waals surface area contributed by atoms with E-state index in [0.717, 1.165) is 25.9 Å². The van der Waals surface area contributed by atoms with Crippen molar-refractivity contribution in [2.24, 2.45) is 0 Å². The fourth-order valence-electron chi connectivity index (χ4n) is 2.52. The smallest absolute Gasteiger partial charge is 0.337 e. The molecule has 0 spiro atoms. The van der Waals surface area contributed by atoms with Crippen molar-refractivity contribution < 1.29 is 14.6 Å². The summed E-state index contributed by atoms with van der Waals surface area (Å²) < 4.78 is 5.68. The number of carboxylic acids is 1. The van der Waals surface area contributed by atoms with Gasteiger partial charge in [0.25, 0.3) is 0 Å². The van der Waals surface area contributed by atoms with Gasteiger partial charge in [-0.3, -0.25) is 0 Å². The van der Waals surface area contributed by atoms with E-state index in [1.54, 1.807) is 6.07 Å². The molecule has 0 radical (unpaired) electrons. The van der Waals surface area contributed by atoms with E-state index in [0.29, 0.717) is 22.9 Å². The molecule has 0 saturated carbocycles. The van der Waals surface area contributed by atoms with Crippen molar-refractivity contribution in [3.63, 3.8) is 0 Å². The number of halogens is 1. The zero-order chi connectivity index (χ0) is 14.7. The number of carbonyl (C=O) groups is 1. The number of aromatic carboxylic acids is 1. The van der Waals surface area contributed by atoms with Crippen LogP contribution in [-0.4, -0.2) is 37.4 Å². The number of carboxylic acid groups (broad SMARTS) is 1. The molecule has 20 heavy (non-hydrogen) atoms. The van der Waals surface area contributed by atoms with Gasteiger partial charge < -0.3 is 20.5 Å². The molecule has 3 N–H and O–H groups in total. The Kier molecular flexibility index (Phi) is 4.73. The van der Waals surface area contributed by atoms with E-state index in [1.807, 2.05) is 11.9 Å². The number of rotatable bonds is 4. The quantitative estimate of drug-likeness (QED) is 0.836. The second-order valence-electron chi connectivity index (χ2n) is 5.07. The molecule has 2 rings (SSSR count). The van der Waals surface area contributed by atoms with Gasteiger partial charge >= 0.3 is 5.97 Å². The molecule has 5 nitrogen and oxygen atoms in total. The lowest BCUT2D eigenvalue weighted by Crippen LogP contribution is -2.34. The Bertz CT molecular complexity index is 501. The highest BCUT2D eigenvalue weighted by molar-refractivity contribution is 6.34. The summed E-state index contributed by atoms with van der Waals surface area (Å²) in [4.78, 5) is 13.2. The standard InChI is InChI=1S/C14H19ClN2O3/c1-17(8-10-4-2-3-5-20-10)13-11(14(18)19)6-9(16)7-12(13)15/h6-7,10H,2-5,8,16H2,1H3,(H,18,19). The van der Waals surface area contributed by atoms with Crippen LogP contribution in [0.4, 0.5) is 11.4 Å². The topological polar surface area (TPSA) is 75.8 Å². The van der Waals surface area contributed by atoms with Gasteiger partial charge in [-0.2, -0.15) is 0 Å². The van der Waals surface area contributed by atoms with Crippen LogP contribution in [-0.2, 0) is 4.74 Å². The van der Waals surface area contributed by atoms with E-state index in [9.17, 15) is 9.90 Å². The van der Waals surface area contributed by atoms with Crippen LogP contribution in [0.1, 0.15) is 29.6 Å². The van der Waals surface area contributed by atoms with Crippen LogP contribution in [0.2, 0.25) is 5.02 Å². The maximum Gasteiger partial charge on any atom is 0.337 e. The van der Waals surface area contributed by atoms with Gasteiger partial charge in [-0.05, 0) is 31.4 Å². The molecule has 0 aromatic heterocycles. The summed E-state index contributed by atoms with van der Waals surface area (Å²) in [6.07, 6.45) is 3.33. The number of ether oxygens (including phenoxy) is 1. The second-order valence-corrected chi connectivity index (χ2v) is 5.48. The van der Waals surface area contributed by atoms with Gasteiger partial charge in [-0.15, -0.1) is 0 Å². The minimum Gasteiger partial charge on any atom is -0.478 e. The van der Waals surface area contributed by atoms with Gasteiger partial charge in [-0.1, -0.05) is 11.6 Å². The number of nitrogens with two attached hydrogens (primary N) is 1. The molecule has 1 aliphatic rings. The number of nitrogen functional groups attached to an aromatic ring is 1. The molecule has 110 valence electrons. The predicted octanol–water partition coefficient (Wildman–Crippen LogP) is 2.63. The molecular formula is C14H19ClN2O3. The first-order valence-corrected chi connectivity index (χ1v) is 7.02. The molecule has 1 aromatic rings. The fourth-order valence-corrected chi connectivity index (χ4v) is 2.89. The molecule has 1 heterocycles. The van der Waals surface area contributed by atoms with E-state index in [2.05, 4.69) is 0 Å². The highest BCUT2D eigenvalue weighted by atomic mass is 35.5. The summed E-state index contributed by atoms with van der Waals surface area (Å²) in [6.45, 7) is 1.38. The number of hydrogen-bond donors (Lipinski definition) is 2. The number of likely N-dealkylation sites (N-methyl/N-ethyl adjacent to an activating group) is 1. The first kappa shape index (κ1) is 14.9. The minimum atomic E-state index is -1.04. The van der Waals surface area contributed by atoms with Crippen LogP contribution < -0.4 is 10.6 Å². The monoisotopic (exact) mass is 298 g/mol. The highest BCUT2D eigenvalue weighted by Crippen LogP contribution is 2.32. The van der Waals surface area contributed by atoms with Gasteiger partial charge in [0.2, 0.25) is 0 Å². The Morgan fingerprint density at radius 2 is 2.30 bits per heavy atom. The van der Waals surface area contributed by atoms with Crippen molar-refractivity contribution >= 4 is 28.9 Å². The molecule has 6 heteroatoms. The van der Waals surface area contributed by atoms with Crippen molar-refractivity contribution in [1.82, 2.24) is 0 Å². The van der Waals surface area contributed by atoms with Crippen molar-refractivity contribution in [2.75, 3.05) is 30.8 Å². The average molecular weight is 299 g/mol. The summed E-state index contributed by atoms with van der Waals surface area (Å²) in [5.74, 6) is -1.04. The zero-order valence-electron chi connectivity index (χ0n) is 11.4. The first-order chi connectivity index (χ1) is 9.49. The number of benzene rings is 1. The van der Waals surface area contributed by atoms with Crippen molar-refractivity contribution in [3.05, 3.63) is 22.7 Å². The SMILES string of the molecule is CN(CC1CCCCO1)c1c(Cl)cc(N)cc1C(=O)O. The minimum absolute atomic E-state index is 0.115. The Labute approximate surface area is 123 Å². The van der Waals surface area contributed by atoms with Crippen LogP contribution in [0.25, 0.3) is 0 Å². The molecule has 1 aromatic carbocycles. The second kappa shape index (κ2) is 6.33. The molecule has 1 aliphatic heterocycles. The lowest BCUT2D eigenvalue weighted by Gasteiger charge is -2.30.